The number of hydrogen-bond acceptors (Lipinski definition) is 4. The Bertz CT molecular complexity index is 413. The Morgan fingerprint density at radius 3 is 2.60 bits per heavy atom. The van der Waals surface area contributed by atoms with Gasteiger partial charge in [0.2, 0.25) is 5.91 Å². The summed E-state index contributed by atoms with van der Waals surface area (Å²) in [5.74, 6) is 0.465. The molecule has 1 aliphatic heterocycles. The zero-order valence-electron chi connectivity index (χ0n) is 8.30. The lowest BCUT2D eigenvalue weighted by atomic mass is 10.1. The Morgan fingerprint density at radius 2 is 2.13 bits per heavy atom. The molecule has 0 fully saturated rings. The molecule has 2 N–H and O–H groups in total. The van der Waals surface area contributed by atoms with Crippen LogP contribution in [0.3, 0.4) is 0 Å². The van der Waals surface area contributed by atoms with E-state index in [9.17, 15) is 4.79 Å². The molecule has 0 unspecified atom stereocenters. The smallest absolute Gasteiger partial charge is 0.248 e. The van der Waals surface area contributed by atoms with Crippen LogP contribution in [0.2, 0.25) is 0 Å². The second kappa shape index (κ2) is 3.94. The molecule has 0 spiro atoms. The van der Waals surface area contributed by atoms with Crippen molar-refractivity contribution in [2.75, 3.05) is 12.9 Å². The highest BCUT2D eigenvalue weighted by Gasteiger charge is 2.13. The number of carbonyl (C=O) groups is 1. The fraction of sp³-hybridized carbons (Fsp3) is 0.200. The molecule has 0 saturated carbocycles. The van der Waals surface area contributed by atoms with Crippen molar-refractivity contribution in [3.63, 3.8) is 0 Å². The SMILES string of the molecule is CN1CSC(c2ccc(C(N)=O)cc2)=N1. The summed E-state index contributed by atoms with van der Waals surface area (Å²) in [6.07, 6.45) is 0. The predicted molar refractivity (Wildman–Crippen MR) is 61.7 cm³/mol. The van der Waals surface area contributed by atoms with Crippen LogP contribution in [0.25, 0.3) is 0 Å². The topological polar surface area (TPSA) is 58.7 Å². The number of thioether (sulfide) groups is 1. The zero-order chi connectivity index (χ0) is 10.8. The lowest BCUT2D eigenvalue weighted by Gasteiger charge is -2.00. The van der Waals surface area contributed by atoms with E-state index in [0.29, 0.717) is 5.56 Å². The van der Waals surface area contributed by atoms with E-state index in [1.807, 2.05) is 24.2 Å². The van der Waals surface area contributed by atoms with Crippen LogP contribution in [0, 0.1) is 0 Å². The number of nitrogens with two attached hydrogens (primary N) is 1. The van der Waals surface area contributed by atoms with E-state index in [4.69, 9.17) is 5.73 Å². The van der Waals surface area contributed by atoms with E-state index in [-0.39, 0.29) is 0 Å². The largest absolute Gasteiger partial charge is 0.366 e. The summed E-state index contributed by atoms with van der Waals surface area (Å²) in [6, 6.07) is 7.17. The van der Waals surface area contributed by atoms with E-state index < -0.39 is 5.91 Å². The van der Waals surface area contributed by atoms with Crippen LogP contribution in [-0.2, 0) is 0 Å². The lowest BCUT2D eigenvalue weighted by molar-refractivity contribution is 0.100. The highest BCUT2D eigenvalue weighted by atomic mass is 32.2. The van der Waals surface area contributed by atoms with Crippen molar-refractivity contribution in [2.24, 2.45) is 10.8 Å². The molecule has 15 heavy (non-hydrogen) atoms. The molecule has 0 aromatic heterocycles. The van der Waals surface area contributed by atoms with Gasteiger partial charge in [-0.2, -0.15) is 5.10 Å². The van der Waals surface area contributed by atoms with Crippen molar-refractivity contribution in [3.05, 3.63) is 35.4 Å². The second-order valence-electron chi connectivity index (χ2n) is 3.28. The second-order valence-corrected chi connectivity index (χ2v) is 4.21. The zero-order valence-corrected chi connectivity index (χ0v) is 9.12. The van der Waals surface area contributed by atoms with Crippen molar-refractivity contribution in [1.82, 2.24) is 5.01 Å². The van der Waals surface area contributed by atoms with Crippen molar-refractivity contribution < 1.29 is 4.79 Å². The summed E-state index contributed by atoms with van der Waals surface area (Å²) >= 11 is 1.68. The van der Waals surface area contributed by atoms with Crippen LogP contribution in [-0.4, -0.2) is 28.9 Å². The van der Waals surface area contributed by atoms with Gasteiger partial charge in [0.1, 0.15) is 5.04 Å². The quantitative estimate of drug-likeness (QED) is 0.813. The highest BCUT2D eigenvalue weighted by Crippen LogP contribution is 2.21. The monoisotopic (exact) mass is 221 g/mol. The van der Waals surface area contributed by atoms with Gasteiger partial charge in [-0.05, 0) is 12.1 Å². The Balaban J connectivity index is 2.24. The standard InChI is InChI=1S/C10H11N3OS/c1-13-6-15-10(12-13)8-4-2-7(3-5-8)9(11)14/h2-5H,6H2,1H3,(H2,11,14). The van der Waals surface area contributed by atoms with E-state index in [0.717, 1.165) is 16.5 Å². The average Bonchev–Trinajstić information content (AvgIpc) is 2.65. The van der Waals surface area contributed by atoms with Gasteiger partial charge >= 0.3 is 0 Å². The normalized spacial score (nSPS) is 15.3. The minimum absolute atomic E-state index is 0.403. The van der Waals surface area contributed by atoms with Gasteiger partial charge < -0.3 is 5.73 Å². The maximum atomic E-state index is 10.9. The van der Waals surface area contributed by atoms with Crippen molar-refractivity contribution in [1.29, 1.82) is 0 Å². The number of benzene rings is 1. The first-order chi connectivity index (χ1) is 7.16. The van der Waals surface area contributed by atoms with Crippen LogP contribution in [0.1, 0.15) is 15.9 Å². The first-order valence-corrected chi connectivity index (χ1v) is 5.48. The third kappa shape index (κ3) is 2.12. The molecule has 0 radical (unpaired) electrons. The minimum Gasteiger partial charge on any atom is -0.366 e. The first kappa shape index (κ1) is 10.0. The van der Waals surface area contributed by atoms with E-state index in [1.165, 1.54) is 0 Å². The molecule has 0 aliphatic carbocycles. The van der Waals surface area contributed by atoms with Crippen molar-refractivity contribution in [3.8, 4) is 0 Å². The summed E-state index contributed by atoms with van der Waals surface area (Å²) in [6.45, 7) is 0. The number of hydrogen-bond donors (Lipinski definition) is 1. The third-order valence-corrected chi connectivity index (χ3v) is 3.16. The molecule has 0 atom stereocenters. The van der Waals surface area contributed by atoms with Gasteiger partial charge in [0.05, 0.1) is 5.88 Å². The molecule has 1 aromatic rings. The lowest BCUT2D eigenvalue weighted by Crippen LogP contribution is -2.10. The molecule has 1 heterocycles. The Morgan fingerprint density at radius 1 is 1.47 bits per heavy atom. The van der Waals surface area contributed by atoms with Gasteiger partial charge in [0.25, 0.3) is 0 Å². The molecule has 5 heteroatoms. The van der Waals surface area contributed by atoms with Gasteiger partial charge in [0, 0.05) is 18.2 Å². The molecule has 1 aliphatic rings. The van der Waals surface area contributed by atoms with E-state index in [1.54, 1.807) is 23.9 Å². The number of hydrazone groups is 1. The maximum absolute atomic E-state index is 10.9. The number of nitrogens with zero attached hydrogens (tertiary/aromatic N) is 2. The van der Waals surface area contributed by atoms with E-state index in [2.05, 4.69) is 5.10 Å². The van der Waals surface area contributed by atoms with Crippen molar-refractivity contribution >= 4 is 22.7 Å². The molecule has 0 saturated heterocycles. The minimum atomic E-state index is -0.403. The Hall–Kier alpha value is -1.49. The van der Waals surface area contributed by atoms with Gasteiger partial charge in [-0.1, -0.05) is 23.9 Å². The number of rotatable bonds is 2. The molecule has 2 rings (SSSR count). The first-order valence-electron chi connectivity index (χ1n) is 4.49. The summed E-state index contributed by atoms with van der Waals surface area (Å²) in [7, 11) is 1.93. The van der Waals surface area contributed by atoms with Crippen LogP contribution in [0.5, 0.6) is 0 Å². The highest BCUT2D eigenvalue weighted by molar-refractivity contribution is 8.14. The predicted octanol–water partition coefficient (Wildman–Crippen LogP) is 1.08. The summed E-state index contributed by atoms with van der Waals surface area (Å²) in [4.78, 5) is 10.9. The van der Waals surface area contributed by atoms with Crippen LogP contribution < -0.4 is 5.73 Å². The Labute approximate surface area is 92.1 Å². The van der Waals surface area contributed by atoms with Crippen molar-refractivity contribution in [2.45, 2.75) is 0 Å². The molecule has 0 bridgehead atoms. The molecule has 1 aromatic carbocycles. The van der Waals surface area contributed by atoms with Crippen LogP contribution in [0.15, 0.2) is 29.4 Å². The molecular weight excluding hydrogens is 210 g/mol. The van der Waals surface area contributed by atoms with Crippen LogP contribution >= 0.6 is 11.8 Å². The van der Waals surface area contributed by atoms with Gasteiger partial charge in [-0.25, -0.2) is 0 Å². The summed E-state index contributed by atoms with van der Waals surface area (Å²) in [5, 5.41) is 7.19. The van der Waals surface area contributed by atoms with Gasteiger partial charge in [0.15, 0.2) is 0 Å². The fourth-order valence-electron chi connectivity index (χ4n) is 1.29. The third-order valence-electron chi connectivity index (χ3n) is 2.07. The molecular formula is C10H11N3OS. The number of amides is 1. The molecule has 78 valence electrons. The van der Waals surface area contributed by atoms with Gasteiger partial charge in [-0.3, -0.25) is 9.80 Å². The molecule has 1 amide bonds. The van der Waals surface area contributed by atoms with E-state index >= 15 is 0 Å². The van der Waals surface area contributed by atoms with Crippen LogP contribution in [0.4, 0.5) is 0 Å². The average molecular weight is 221 g/mol. The maximum Gasteiger partial charge on any atom is 0.248 e. The molecule has 4 nitrogen and oxygen atoms in total. The van der Waals surface area contributed by atoms with Gasteiger partial charge in [-0.15, -0.1) is 0 Å². The fourth-order valence-corrected chi connectivity index (χ4v) is 2.15. The number of primary amides is 1. The number of carbonyl (C=O) groups excluding carboxylic acids is 1. The summed E-state index contributed by atoms with van der Waals surface area (Å²) < 4.78 is 0. The summed E-state index contributed by atoms with van der Waals surface area (Å²) in [5.41, 5.74) is 6.70. The Kier molecular flexibility index (Phi) is 2.64.